The predicted octanol–water partition coefficient (Wildman–Crippen LogP) is 3.65. The number of para-hydroxylation sites is 2. The van der Waals surface area contributed by atoms with Gasteiger partial charge in [-0.1, -0.05) is 49.0 Å². The topological polar surface area (TPSA) is 73.2 Å². The van der Waals surface area contributed by atoms with Crippen LogP contribution >= 0.6 is 11.8 Å². The number of nitrogens with one attached hydrogen (secondary N) is 1. The Morgan fingerprint density at radius 1 is 1.17 bits per heavy atom. The largest absolute Gasteiger partial charge is 0.492 e. The average molecular weight is 412 g/mol. The van der Waals surface area contributed by atoms with Crippen molar-refractivity contribution in [1.82, 2.24) is 14.9 Å². The quantitative estimate of drug-likeness (QED) is 0.331. The number of hydrogen-bond acceptors (Lipinski definition) is 5. The minimum atomic E-state index is -0.121. The molecule has 1 atom stereocenters. The molecule has 0 saturated heterocycles. The van der Waals surface area contributed by atoms with Crippen molar-refractivity contribution >= 4 is 28.6 Å². The van der Waals surface area contributed by atoms with E-state index in [-0.39, 0.29) is 23.3 Å². The molecule has 0 unspecified atom stereocenters. The van der Waals surface area contributed by atoms with Crippen LogP contribution in [0.15, 0.2) is 64.5 Å². The molecule has 2 aromatic carbocycles. The summed E-state index contributed by atoms with van der Waals surface area (Å²) in [6, 6.07) is 16.8. The number of carbonyl (C=O) groups is 1. The molecule has 0 saturated carbocycles. The summed E-state index contributed by atoms with van der Waals surface area (Å²) >= 11 is 1.28. The smallest absolute Gasteiger partial charge is 0.262 e. The van der Waals surface area contributed by atoms with Crippen molar-refractivity contribution in [1.29, 1.82) is 0 Å². The number of carbonyl (C=O) groups excluding carboxylic acids is 1. The summed E-state index contributed by atoms with van der Waals surface area (Å²) in [5.74, 6) is 0.839. The van der Waals surface area contributed by atoms with Crippen molar-refractivity contribution in [3.05, 3.63) is 65.0 Å². The van der Waals surface area contributed by atoms with Gasteiger partial charge in [0.25, 0.3) is 5.56 Å². The highest BCUT2D eigenvalue weighted by atomic mass is 32.2. The molecule has 1 aromatic heterocycles. The normalized spacial score (nSPS) is 11.9. The molecular formula is C22H25N3O3S. The summed E-state index contributed by atoms with van der Waals surface area (Å²) < 4.78 is 7.26. The highest BCUT2D eigenvalue weighted by Gasteiger charge is 2.16. The van der Waals surface area contributed by atoms with Gasteiger partial charge in [-0.15, -0.1) is 0 Å². The maximum Gasteiger partial charge on any atom is 0.262 e. The second-order valence-electron chi connectivity index (χ2n) is 6.64. The second kappa shape index (κ2) is 10.1. The molecule has 0 aliphatic carbocycles. The molecule has 1 heterocycles. The van der Waals surface area contributed by atoms with Gasteiger partial charge in [-0.05, 0) is 37.6 Å². The fourth-order valence-electron chi connectivity index (χ4n) is 2.86. The molecule has 1 amide bonds. The van der Waals surface area contributed by atoms with Gasteiger partial charge in [-0.3, -0.25) is 14.2 Å². The number of ether oxygens (including phenoxy) is 1. The lowest BCUT2D eigenvalue weighted by Crippen LogP contribution is -2.30. The molecule has 0 bridgehead atoms. The lowest BCUT2D eigenvalue weighted by molar-refractivity contribution is -0.118. The summed E-state index contributed by atoms with van der Waals surface area (Å²) in [5.41, 5.74) is 0.584. The molecule has 152 valence electrons. The van der Waals surface area contributed by atoms with E-state index in [2.05, 4.69) is 10.3 Å². The van der Waals surface area contributed by atoms with E-state index in [4.69, 9.17) is 4.74 Å². The van der Waals surface area contributed by atoms with E-state index in [1.165, 1.54) is 11.8 Å². The molecule has 29 heavy (non-hydrogen) atoms. The molecule has 0 fully saturated rings. The van der Waals surface area contributed by atoms with Crippen LogP contribution in [0.1, 0.15) is 26.3 Å². The highest BCUT2D eigenvalue weighted by Crippen LogP contribution is 2.22. The maximum atomic E-state index is 12.9. The molecule has 0 aliphatic heterocycles. The first-order chi connectivity index (χ1) is 14.1. The first-order valence-corrected chi connectivity index (χ1v) is 10.7. The highest BCUT2D eigenvalue weighted by molar-refractivity contribution is 7.99. The molecule has 3 rings (SSSR count). The average Bonchev–Trinajstić information content (AvgIpc) is 2.75. The van der Waals surface area contributed by atoms with Crippen LogP contribution < -0.4 is 15.6 Å². The maximum absolute atomic E-state index is 12.9. The number of nitrogens with zero attached hydrogens (tertiary/aromatic N) is 2. The molecular weight excluding hydrogens is 386 g/mol. The minimum Gasteiger partial charge on any atom is -0.492 e. The van der Waals surface area contributed by atoms with Gasteiger partial charge in [0.1, 0.15) is 12.4 Å². The molecule has 1 N–H and O–H groups in total. The molecule has 3 aromatic rings. The molecule has 0 aliphatic rings. The third kappa shape index (κ3) is 5.38. The summed E-state index contributed by atoms with van der Waals surface area (Å²) in [4.78, 5) is 29.8. The van der Waals surface area contributed by atoms with Crippen LogP contribution in [0.2, 0.25) is 0 Å². The van der Waals surface area contributed by atoms with E-state index in [0.29, 0.717) is 29.2 Å². The summed E-state index contributed by atoms with van der Waals surface area (Å²) in [7, 11) is 0. The van der Waals surface area contributed by atoms with E-state index < -0.39 is 0 Å². The van der Waals surface area contributed by atoms with Gasteiger partial charge in [0, 0.05) is 6.04 Å². The Balaban J connectivity index is 1.62. The van der Waals surface area contributed by atoms with Crippen molar-refractivity contribution in [2.45, 2.75) is 31.5 Å². The number of thioether (sulfide) groups is 1. The van der Waals surface area contributed by atoms with Crippen LogP contribution in [0.25, 0.3) is 10.9 Å². The van der Waals surface area contributed by atoms with Crippen molar-refractivity contribution in [2.75, 3.05) is 18.9 Å². The first kappa shape index (κ1) is 20.9. The Hall–Kier alpha value is -2.80. The Kier molecular flexibility index (Phi) is 7.30. The standard InChI is InChI=1S/C22H25N3O3S/c1-3-16(2)25-21(27)18-11-7-8-12-19(18)24-22(25)29-15-20(26)23-13-14-28-17-9-5-4-6-10-17/h4-12,16H,3,13-15H2,1-2H3,(H,23,26)/t16-/m0/s1. The van der Waals surface area contributed by atoms with Crippen LogP contribution in [-0.4, -0.2) is 34.4 Å². The number of aromatic nitrogens is 2. The van der Waals surface area contributed by atoms with E-state index >= 15 is 0 Å². The van der Waals surface area contributed by atoms with E-state index in [1.807, 2.05) is 62.4 Å². The fourth-order valence-corrected chi connectivity index (χ4v) is 3.78. The van der Waals surface area contributed by atoms with Crippen LogP contribution in [0.5, 0.6) is 5.75 Å². The van der Waals surface area contributed by atoms with Gasteiger partial charge in [0.15, 0.2) is 5.16 Å². The van der Waals surface area contributed by atoms with Gasteiger partial charge in [0.05, 0.1) is 23.2 Å². The number of amides is 1. The zero-order chi connectivity index (χ0) is 20.6. The zero-order valence-corrected chi connectivity index (χ0v) is 17.4. The van der Waals surface area contributed by atoms with E-state index in [0.717, 1.165) is 12.2 Å². The lowest BCUT2D eigenvalue weighted by Gasteiger charge is -2.18. The monoisotopic (exact) mass is 411 g/mol. The van der Waals surface area contributed by atoms with Crippen LogP contribution in [0.3, 0.4) is 0 Å². The molecule has 7 heteroatoms. The molecule has 0 radical (unpaired) electrons. The second-order valence-corrected chi connectivity index (χ2v) is 7.59. The van der Waals surface area contributed by atoms with E-state index in [9.17, 15) is 9.59 Å². The van der Waals surface area contributed by atoms with Crippen LogP contribution in [-0.2, 0) is 4.79 Å². The number of rotatable bonds is 9. The summed E-state index contributed by atoms with van der Waals surface area (Å²) in [6.07, 6.45) is 0.802. The van der Waals surface area contributed by atoms with Crippen molar-refractivity contribution in [3.63, 3.8) is 0 Å². The number of fused-ring (bicyclic) bond motifs is 1. The number of hydrogen-bond donors (Lipinski definition) is 1. The third-order valence-electron chi connectivity index (χ3n) is 4.58. The molecule has 0 spiro atoms. The van der Waals surface area contributed by atoms with Crippen molar-refractivity contribution in [3.8, 4) is 5.75 Å². The van der Waals surface area contributed by atoms with Gasteiger partial charge in [-0.2, -0.15) is 0 Å². The Morgan fingerprint density at radius 2 is 1.90 bits per heavy atom. The Labute approximate surface area is 174 Å². The van der Waals surface area contributed by atoms with Crippen molar-refractivity contribution < 1.29 is 9.53 Å². The molecule has 6 nitrogen and oxygen atoms in total. The Morgan fingerprint density at radius 3 is 2.66 bits per heavy atom. The van der Waals surface area contributed by atoms with Gasteiger partial charge < -0.3 is 10.1 Å². The van der Waals surface area contributed by atoms with Gasteiger partial charge >= 0.3 is 0 Å². The van der Waals surface area contributed by atoms with Gasteiger partial charge in [-0.25, -0.2) is 4.98 Å². The fraction of sp³-hybridized carbons (Fsp3) is 0.318. The van der Waals surface area contributed by atoms with Crippen molar-refractivity contribution in [2.24, 2.45) is 0 Å². The zero-order valence-electron chi connectivity index (χ0n) is 16.6. The SMILES string of the molecule is CC[C@H](C)n1c(SCC(=O)NCCOc2ccccc2)nc2ccccc2c1=O. The van der Waals surface area contributed by atoms with Crippen LogP contribution in [0.4, 0.5) is 0 Å². The van der Waals surface area contributed by atoms with Gasteiger partial charge in [0.2, 0.25) is 5.91 Å². The summed E-state index contributed by atoms with van der Waals surface area (Å²) in [6.45, 7) is 4.83. The Bertz CT molecular complexity index is 1020. The number of benzene rings is 2. The summed E-state index contributed by atoms with van der Waals surface area (Å²) in [5, 5.41) is 4.00. The third-order valence-corrected chi connectivity index (χ3v) is 5.53. The van der Waals surface area contributed by atoms with Crippen LogP contribution in [0, 0.1) is 0 Å². The first-order valence-electron chi connectivity index (χ1n) is 9.68. The van der Waals surface area contributed by atoms with E-state index in [1.54, 1.807) is 10.6 Å². The minimum absolute atomic E-state index is 0.00411. The lowest BCUT2D eigenvalue weighted by atomic mass is 10.2. The predicted molar refractivity (Wildman–Crippen MR) is 117 cm³/mol.